The fourth-order valence-corrected chi connectivity index (χ4v) is 10.2. The van der Waals surface area contributed by atoms with Gasteiger partial charge in [-0.3, -0.25) is 0 Å². The molecule has 0 N–H and O–H groups in total. The summed E-state index contributed by atoms with van der Waals surface area (Å²) in [6.07, 6.45) is 0. The molecule has 1 aliphatic carbocycles. The van der Waals surface area contributed by atoms with Crippen LogP contribution in [0.3, 0.4) is 0 Å². The van der Waals surface area contributed by atoms with Crippen molar-refractivity contribution >= 4 is 11.8 Å². The maximum atomic E-state index is 10.5. The van der Waals surface area contributed by atoms with E-state index in [0.29, 0.717) is 11.4 Å². The summed E-state index contributed by atoms with van der Waals surface area (Å²) in [4.78, 5) is 12.7. The molecule has 0 radical (unpaired) electrons. The van der Waals surface area contributed by atoms with Crippen LogP contribution in [0.25, 0.3) is 67.3 Å². The number of nitrogens with zero attached hydrogens (tertiary/aromatic N) is 3. The van der Waals surface area contributed by atoms with Gasteiger partial charge in [-0.05, 0) is 92.5 Å². The molecule has 0 bridgehead atoms. The SMILES string of the molecule is N#Cc1cccc2c1-c1cc(-c3cccc(-c4cccc(-c5nc(-c6ccccc6)cc(-c6ccccc6)n5)c4)c3)ccc1C21c2ccccc2Sc2ccccc21. The summed E-state index contributed by atoms with van der Waals surface area (Å²) in [6.45, 7) is 0. The molecular weight excluding hydrogens is 723 g/mol. The van der Waals surface area contributed by atoms with Gasteiger partial charge < -0.3 is 0 Å². The summed E-state index contributed by atoms with van der Waals surface area (Å²) in [6, 6.07) is 73.1. The average molecular weight is 756 g/mol. The van der Waals surface area contributed by atoms with Crippen molar-refractivity contribution < 1.29 is 0 Å². The lowest BCUT2D eigenvalue weighted by Crippen LogP contribution is -2.31. The van der Waals surface area contributed by atoms with Gasteiger partial charge in [0, 0.05) is 32.0 Å². The van der Waals surface area contributed by atoms with Crippen LogP contribution in [-0.4, -0.2) is 9.97 Å². The molecule has 58 heavy (non-hydrogen) atoms. The zero-order valence-corrected chi connectivity index (χ0v) is 32.1. The quantitative estimate of drug-likeness (QED) is 0.175. The number of rotatable bonds is 5. The van der Waals surface area contributed by atoms with E-state index < -0.39 is 5.41 Å². The number of aromatic nitrogens is 2. The second kappa shape index (κ2) is 13.7. The van der Waals surface area contributed by atoms with Gasteiger partial charge in [-0.1, -0.05) is 169 Å². The first-order chi connectivity index (χ1) is 28.7. The van der Waals surface area contributed by atoms with Crippen molar-refractivity contribution in [3.8, 4) is 73.4 Å². The maximum Gasteiger partial charge on any atom is 0.160 e. The number of fused-ring (bicyclic) bond motifs is 9. The first-order valence-electron chi connectivity index (χ1n) is 19.5. The molecule has 1 spiro atoms. The van der Waals surface area contributed by atoms with Gasteiger partial charge in [0.15, 0.2) is 5.82 Å². The molecule has 1 aliphatic heterocycles. The third-order valence-electron chi connectivity index (χ3n) is 11.6. The van der Waals surface area contributed by atoms with E-state index in [2.05, 4.69) is 158 Å². The summed E-state index contributed by atoms with van der Waals surface area (Å²) < 4.78 is 0. The van der Waals surface area contributed by atoms with Gasteiger partial charge in [0.2, 0.25) is 0 Å². The highest BCUT2D eigenvalue weighted by atomic mass is 32.2. The Balaban J connectivity index is 1.03. The van der Waals surface area contributed by atoms with Crippen LogP contribution in [-0.2, 0) is 5.41 Å². The summed E-state index contributed by atoms with van der Waals surface area (Å²) in [7, 11) is 0. The van der Waals surface area contributed by atoms with Crippen LogP contribution in [0, 0.1) is 11.3 Å². The third kappa shape index (κ3) is 5.36. The molecule has 0 saturated heterocycles. The highest BCUT2D eigenvalue weighted by molar-refractivity contribution is 7.99. The molecule has 9 aromatic rings. The van der Waals surface area contributed by atoms with Crippen molar-refractivity contribution in [2.24, 2.45) is 0 Å². The van der Waals surface area contributed by atoms with Gasteiger partial charge in [-0.25, -0.2) is 9.97 Å². The van der Waals surface area contributed by atoms with Gasteiger partial charge in [-0.15, -0.1) is 0 Å². The molecule has 11 rings (SSSR count). The molecule has 0 saturated carbocycles. The number of hydrogen-bond donors (Lipinski definition) is 0. The van der Waals surface area contributed by atoms with Crippen LogP contribution >= 0.6 is 11.8 Å². The Morgan fingerprint density at radius 2 is 0.879 bits per heavy atom. The zero-order chi connectivity index (χ0) is 38.6. The van der Waals surface area contributed by atoms with Crippen LogP contribution in [0.4, 0.5) is 0 Å². The van der Waals surface area contributed by atoms with Crippen LogP contribution in [0.5, 0.6) is 0 Å². The third-order valence-corrected chi connectivity index (χ3v) is 12.8. The minimum atomic E-state index is -0.531. The fourth-order valence-electron chi connectivity index (χ4n) is 9.03. The second-order valence-electron chi connectivity index (χ2n) is 14.8. The molecule has 2 heterocycles. The number of hydrogen-bond acceptors (Lipinski definition) is 4. The Labute approximate surface area is 342 Å². The van der Waals surface area contributed by atoms with Crippen molar-refractivity contribution in [3.63, 3.8) is 0 Å². The van der Waals surface area contributed by atoms with Crippen LogP contribution in [0.2, 0.25) is 0 Å². The largest absolute Gasteiger partial charge is 0.228 e. The minimum Gasteiger partial charge on any atom is -0.228 e. The summed E-state index contributed by atoms with van der Waals surface area (Å²) in [5, 5.41) is 10.5. The Kier molecular flexibility index (Phi) is 8.03. The van der Waals surface area contributed by atoms with Crippen molar-refractivity contribution in [3.05, 3.63) is 228 Å². The second-order valence-corrected chi connectivity index (χ2v) is 15.9. The molecule has 0 unspecified atom stereocenters. The molecule has 0 amide bonds. The predicted molar refractivity (Wildman–Crippen MR) is 235 cm³/mol. The summed E-state index contributed by atoms with van der Waals surface area (Å²) in [5.41, 5.74) is 16.4. The zero-order valence-electron chi connectivity index (χ0n) is 31.3. The number of benzene rings is 8. The van der Waals surface area contributed by atoms with Crippen LogP contribution in [0.15, 0.2) is 210 Å². The van der Waals surface area contributed by atoms with E-state index in [4.69, 9.17) is 9.97 Å². The van der Waals surface area contributed by atoms with Gasteiger partial charge >= 0.3 is 0 Å². The van der Waals surface area contributed by atoms with Crippen LogP contribution < -0.4 is 0 Å². The summed E-state index contributed by atoms with van der Waals surface area (Å²) >= 11 is 1.83. The van der Waals surface area contributed by atoms with Gasteiger partial charge in [-0.2, -0.15) is 5.26 Å². The Morgan fingerprint density at radius 1 is 0.397 bits per heavy atom. The molecule has 8 aromatic carbocycles. The lowest BCUT2D eigenvalue weighted by molar-refractivity contribution is 0.722. The fraction of sp³-hybridized carbons (Fsp3) is 0.0185. The molecule has 3 nitrogen and oxygen atoms in total. The van der Waals surface area contributed by atoms with E-state index in [9.17, 15) is 5.26 Å². The molecule has 0 atom stereocenters. The smallest absolute Gasteiger partial charge is 0.160 e. The Bertz CT molecular complexity index is 3010. The highest BCUT2D eigenvalue weighted by Gasteiger charge is 2.50. The van der Waals surface area contributed by atoms with Gasteiger partial charge in [0.1, 0.15) is 0 Å². The Hall–Kier alpha value is -7.32. The van der Waals surface area contributed by atoms with Crippen molar-refractivity contribution in [1.29, 1.82) is 5.26 Å². The van der Waals surface area contributed by atoms with Crippen molar-refractivity contribution in [1.82, 2.24) is 9.97 Å². The first-order valence-corrected chi connectivity index (χ1v) is 20.3. The normalized spacial score (nSPS) is 12.9. The molecule has 2 aliphatic rings. The van der Waals surface area contributed by atoms with E-state index in [-0.39, 0.29) is 0 Å². The maximum absolute atomic E-state index is 10.5. The highest BCUT2D eigenvalue weighted by Crippen LogP contribution is 2.63. The predicted octanol–water partition coefficient (Wildman–Crippen LogP) is 13.5. The van der Waals surface area contributed by atoms with Crippen molar-refractivity contribution in [2.45, 2.75) is 15.2 Å². The number of nitriles is 1. The van der Waals surface area contributed by atoms with E-state index >= 15 is 0 Å². The lowest BCUT2D eigenvalue weighted by Gasteiger charge is -2.39. The average Bonchev–Trinajstić information content (AvgIpc) is 3.59. The van der Waals surface area contributed by atoms with Crippen LogP contribution in [0.1, 0.15) is 27.8 Å². The Morgan fingerprint density at radius 3 is 1.48 bits per heavy atom. The van der Waals surface area contributed by atoms with E-state index in [1.807, 2.05) is 60.3 Å². The first kappa shape index (κ1) is 34.0. The molecule has 4 heteroatoms. The lowest BCUT2D eigenvalue weighted by atomic mass is 9.67. The van der Waals surface area contributed by atoms with Gasteiger partial charge in [0.05, 0.1) is 28.4 Å². The molecular formula is C54H33N3S. The van der Waals surface area contributed by atoms with Gasteiger partial charge in [0.25, 0.3) is 0 Å². The monoisotopic (exact) mass is 755 g/mol. The summed E-state index contributed by atoms with van der Waals surface area (Å²) in [5.74, 6) is 0.682. The topological polar surface area (TPSA) is 49.6 Å². The minimum absolute atomic E-state index is 0.531. The standard InChI is InChI=1S/C54H33N3S/c55-34-42-22-13-25-47-52(42)43-32-40(28-29-44(43)54(47)45-23-7-9-26-50(45)58-51-27-10-8-24-46(51)54)38-19-11-18-37(30-38)39-20-12-21-41(31-39)53-56-48(35-14-3-1-4-15-35)33-49(57-53)36-16-5-2-6-17-36/h1-33H. The molecule has 270 valence electrons. The van der Waals surface area contributed by atoms with E-state index in [0.717, 1.165) is 61.5 Å². The molecule has 0 fully saturated rings. The molecule has 1 aromatic heterocycles. The van der Waals surface area contributed by atoms with E-state index in [1.165, 1.54) is 32.0 Å². The van der Waals surface area contributed by atoms with E-state index in [1.54, 1.807) is 0 Å². The van der Waals surface area contributed by atoms with Crippen molar-refractivity contribution in [2.75, 3.05) is 0 Å².